The van der Waals surface area contributed by atoms with E-state index in [1.807, 2.05) is 26.0 Å². The Kier molecular flexibility index (Phi) is 5.65. The third kappa shape index (κ3) is 4.72. The van der Waals surface area contributed by atoms with Crippen molar-refractivity contribution in [1.82, 2.24) is 4.90 Å². The summed E-state index contributed by atoms with van der Waals surface area (Å²) in [5.74, 6) is 1.76. The second-order valence-electron chi connectivity index (χ2n) is 6.82. The second-order valence-corrected chi connectivity index (χ2v) is 6.82. The predicted molar refractivity (Wildman–Crippen MR) is 88.6 cm³/mol. The van der Waals surface area contributed by atoms with Crippen molar-refractivity contribution in [2.24, 2.45) is 11.7 Å². The van der Waals surface area contributed by atoms with E-state index in [2.05, 4.69) is 30.9 Å². The highest BCUT2D eigenvalue weighted by Gasteiger charge is 2.24. The number of rotatable bonds is 5. The molecule has 3 atom stereocenters. The van der Waals surface area contributed by atoms with Crippen molar-refractivity contribution in [3.05, 3.63) is 29.8 Å². The van der Waals surface area contributed by atoms with Crippen LogP contribution in [0.3, 0.4) is 0 Å². The number of likely N-dealkylation sites (tertiary alicyclic amines) is 1. The van der Waals surface area contributed by atoms with Crippen LogP contribution in [-0.2, 0) is 0 Å². The molecule has 0 amide bonds. The Bertz CT molecular complexity index is 429. The average molecular weight is 290 g/mol. The van der Waals surface area contributed by atoms with Crippen molar-refractivity contribution >= 4 is 0 Å². The lowest BCUT2D eigenvalue weighted by Crippen LogP contribution is -2.43. The van der Waals surface area contributed by atoms with Gasteiger partial charge in [-0.05, 0) is 63.8 Å². The lowest BCUT2D eigenvalue weighted by molar-refractivity contribution is 0.122. The fourth-order valence-electron chi connectivity index (χ4n) is 3.15. The van der Waals surface area contributed by atoms with Crippen LogP contribution in [0.25, 0.3) is 0 Å². The molecule has 1 heterocycles. The Hall–Kier alpha value is -1.06. The standard InChI is InChI=1S/C18H30N2O/c1-13(2)21-17-7-5-16(6-8-17)18(19)12-20-10-9-14(3)11-15(20)4/h5-8,13-15,18H,9-12,19H2,1-4H3. The smallest absolute Gasteiger partial charge is 0.119 e. The third-order valence-electron chi connectivity index (χ3n) is 4.39. The molecule has 1 aliphatic rings. The Morgan fingerprint density at radius 3 is 2.48 bits per heavy atom. The first-order valence-corrected chi connectivity index (χ1v) is 8.22. The molecule has 0 bridgehead atoms. The fourth-order valence-corrected chi connectivity index (χ4v) is 3.15. The van der Waals surface area contributed by atoms with Crippen LogP contribution in [0.2, 0.25) is 0 Å². The maximum absolute atomic E-state index is 6.39. The van der Waals surface area contributed by atoms with E-state index in [4.69, 9.17) is 10.5 Å². The summed E-state index contributed by atoms with van der Waals surface area (Å²) in [5.41, 5.74) is 7.58. The molecule has 1 saturated heterocycles. The molecular weight excluding hydrogens is 260 g/mol. The first kappa shape index (κ1) is 16.3. The van der Waals surface area contributed by atoms with Crippen LogP contribution in [0.1, 0.15) is 52.1 Å². The summed E-state index contributed by atoms with van der Waals surface area (Å²) in [6, 6.07) is 8.96. The van der Waals surface area contributed by atoms with Gasteiger partial charge in [0, 0.05) is 18.6 Å². The van der Waals surface area contributed by atoms with Crippen LogP contribution < -0.4 is 10.5 Å². The summed E-state index contributed by atoms with van der Waals surface area (Å²) < 4.78 is 5.68. The minimum absolute atomic E-state index is 0.0777. The molecule has 0 radical (unpaired) electrons. The van der Waals surface area contributed by atoms with Crippen LogP contribution in [0.5, 0.6) is 5.75 Å². The van der Waals surface area contributed by atoms with Crippen LogP contribution >= 0.6 is 0 Å². The number of hydrogen-bond donors (Lipinski definition) is 1. The second kappa shape index (κ2) is 7.28. The average Bonchev–Trinajstić information content (AvgIpc) is 2.42. The molecule has 2 N–H and O–H groups in total. The van der Waals surface area contributed by atoms with Crippen LogP contribution in [-0.4, -0.2) is 30.1 Å². The van der Waals surface area contributed by atoms with E-state index in [0.29, 0.717) is 6.04 Å². The first-order valence-electron chi connectivity index (χ1n) is 8.22. The van der Waals surface area contributed by atoms with Gasteiger partial charge in [-0.2, -0.15) is 0 Å². The van der Waals surface area contributed by atoms with Crippen LogP contribution in [0.15, 0.2) is 24.3 Å². The van der Waals surface area contributed by atoms with E-state index in [1.165, 1.54) is 24.9 Å². The number of piperidine rings is 1. The summed E-state index contributed by atoms with van der Waals surface area (Å²) in [6.45, 7) is 10.9. The summed E-state index contributed by atoms with van der Waals surface area (Å²) in [7, 11) is 0. The summed E-state index contributed by atoms with van der Waals surface area (Å²) in [5, 5.41) is 0. The topological polar surface area (TPSA) is 38.5 Å². The van der Waals surface area contributed by atoms with E-state index in [9.17, 15) is 0 Å². The van der Waals surface area contributed by atoms with Gasteiger partial charge in [0.15, 0.2) is 0 Å². The van der Waals surface area contributed by atoms with E-state index in [1.54, 1.807) is 0 Å². The van der Waals surface area contributed by atoms with Crippen molar-refractivity contribution < 1.29 is 4.74 Å². The summed E-state index contributed by atoms with van der Waals surface area (Å²) >= 11 is 0. The van der Waals surface area contributed by atoms with E-state index in [-0.39, 0.29) is 12.1 Å². The van der Waals surface area contributed by atoms with Crippen LogP contribution in [0.4, 0.5) is 0 Å². The molecule has 3 unspecified atom stereocenters. The molecule has 2 rings (SSSR count). The Balaban J connectivity index is 1.92. The summed E-state index contributed by atoms with van der Waals surface area (Å²) in [6.07, 6.45) is 2.78. The van der Waals surface area contributed by atoms with Crippen molar-refractivity contribution in [1.29, 1.82) is 0 Å². The fraction of sp³-hybridized carbons (Fsp3) is 0.667. The molecule has 0 spiro atoms. The van der Waals surface area contributed by atoms with Crippen molar-refractivity contribution in [3.63, 3.8) is 0 Å². The molecule has 118 valence electrons. The molecule has 1 aromatic rings. The van der Waals surface area contributed by atoms with E-state index >= 15 is 0 Å². The Labute approximate surface area is 129 Å². The maximum atomic E-state index is 6.39. The molecule has 3 heteroatoms. The predicted octanol–water partition coefficient (Wildman–Crippen LogP) is 3.59. The van der Waals surface area contributed by atoms with E-state index < -0.39 is 0 Å². The lowest BCUT2D eigenvalue weighted by Gasteiger charge is -2.38. The van der Waals surface area contributed by atoms with Gasteiger partial charge in [0.2, 0.25) is 0 Å². The zero-order valence-electron chi connectivity index (χ0n) is 13.9. The van der Waals surface area contributed by atoms with Crippen molar-refractivity contribution in [2.45, 2.75) is 58.7 Å². The highest BCUT2D eigenvalue weighted by atomic mass is 16.5. The zero-order chi connectivity index (χ0) is 15.4. The first-order chi connectivity index (χ1) is 9.95. The highest BCUT2D eigenvalue weighted by Crippen LogP contribution is 2.25. The highest BCUT2D eigenvalue weighted by molar-refractivity contribution is 5.29. The SMILES string of the molecule is CC1CCN(CC(N)c2ccc(OC(C)C)cc2)C(C)C1. The molecule has 1 aliphatic heterocycles. The molecule has 0 aliphatic carbocycles. The molecule has 21 heavy (non-hydrogen) atoms. The van der Waals surface area contributed by atoms with Crippen molar-refractivity contribution in [2.75, 3.05) is 13.1 Å². The van der Waals surface area contributed by atoms with Gasteiger partial charge in [0.05, 0.1) is 6.10 Å². The quantitative estimate of drug-likeness (QED) is 0.900. The Morgan fingerprint density at radius 1 is 1.24 bits per heavy atom. The van der Waals surface area contributed by atoms with Crippen LogP contribution in [0, 0.1) is 5.92 Å². The number of hydrogen-bond acceptors (Lipinski definition) is 3. The third-order valence-corrected chi connectivity index (χ3v) is 4.39. The van der Waals surface area contributed by atoms with E-state index in [0.717, 1.165) is 18.2 Å². The minimum Gasteiger partial charge on any atom is -0.491 e. The maximum Gasteiger partial charge on any atom is 0.119 e. The summed E-state index contributed by atoms with van der Waals surface area (Å²) in [4.78, 5) is 2.53. The lowest BCUT2D eigenvalue weighted by atomic mass is 9.92. The number of benzene rings is 1. The minimum atomic E-state index is 0.0777. The van der Waals surface area contributed by atoms with Gasteiger partial charge in [0.1, 0.15) is 5.75 Å². The number of ether oxygens (including phenoxy) is 1. The van der Waals surface area contributed by atoms with Gasteiger partial charge >= 0.3 is 0 Å². The van der Waals surface area contributed by atoms with Gasteiger partial charge in [-0.25, -0.2) is 0 Å². The van der Waals surface area contributed by atoms with Gasteiger partial charge in [0.25, 0.3) is 0 Å². The van der Waals surface area contributed by atoms with Gasteiger partial charge in [-0.15, -0.1) is 0 Å². The molecule has 1 fully saturated rings. The normalized spacial score (nSPS) is 25.0. The molecule has 0 saturated carbocycles. The zero-order valence-corrected chi connectivity index (χ0v) is 13.9. The molecule has 0 aromatic heterocycles. The van der Waals surface area contributed by atoms with Gasteiger partial charge in [-0.1, -0.05) is 19.1 Å². The molecular formula is C18H30N2O. The van der Waals surface area contributed by atoms with Gasteiger partial charge in [-0.3, -0.25) is 4.90 Å². The number of nitrogens with zero attached hydrogens (tertiary/aromatic N) is 1. The largest absolute Gasteiger partial charge is 0.491 e. The Morgan fingerprint density at radius 2 is 1.90 bits per heavy atom. The molecule has 1 aromatic carbocycles. The molecule has 3 nitrogen and oxygen atoms in total. The van der Waals surface area contributed by atoms with Crippen molar-refractivity contribution in [3.8, 4) is 5.75 Å². The number of nitrogens with two attached hydrogens (primary N) is 1. The van der Waals surface area contributed by atoms with Gasteiger partial charge < -0.3 is 10.5 Å². The monoisotopic (exact) mass is 290 g/mol.